The molecule has 0 aliphatic heterocycles. The molecule has 0 radical (unpaired) electrons. The molecule has 0 bridgehead atoms. The third-order valence-electron chi connectivity index (χ3n) is 3.75. The highest BCUT2D eigenvalue weighted by Gasteiger charge is 2.08. The van der Waals surface area contributed by atoms with Gasteiger partial charge in [0.1, 0.15) is 25.1 Å². The highest BCUT2D eigenvalue weighted by atomic mass is 32.1. The Kier molecular flexibility index (Phi) is 7.22. The van der Waals surface area contributed by atoms with E-state index >= 15 is 0 Å². The topological polar surface area (TPSA) is 41.5 Å². The van der Waals surface area contributed by atoms with Crippen molar-refractivity contribution in [2.75, 3.05) is 20.3 Å². The summed E-state index contributed by atoms with van der Waals surface area (Å²) in [5.74, 6) is 0.636. The normalized spacial score (nSPS) is 14.3. The Morgan fingerprint density at radius 1 is 1.28 bits per heavy atom. The van der Waals surface area contributed by atoms with Crippen molar-refractivity contribution in [3.63, 3.8) is 0 Å². The van der Waals surface area contributed by atoms with Gasteiger partial charge < -0.3 is 15.2 Å². The van der Waals surface area contributed by atoms with Gasteiger partial charge in [0.25, 0.3) is 0 Å². The molecule has 134 valence electrons. The molecule has 2 N–H and O–H groups in total. The Bertz CT molecular complexity index is 792. The van der Waals surface area contributed by atoms with Crippen molar-refractivity contribution in [1.82, 2.24) is 5.32 Å². The molecule has 0 amide bonds. The number of halogens is 1. The zero-order chi connectivity index (χ0) is 18.2. The third kappa shape index (κ3) is 5.18. The number of aliphatic hydroxyl groups excluding tert-OH is 1. The van der Waals surface area contributed by atoms with E-state index in [-0.39, 0.29) is 6.61 Å². The highest BCUT2D eigenvalue weighted by Crippen LogP contribution is 2.33. The Labute approximate surface area is 152 Å². The van der Waals surface area contributed by atoms with Crippen molar-refractivity contribution in [3.05, 3.63) is 59.1 Å². The number of alkyl halides is 1. The van der Waals surface area contributed by atoms with Crippen LogP contribution in [0.3, 0.4) is 0 Å². The van der Waals surface area contributed by atoms with Crippen LogP contribution in [0.15, 0.2) is 54.3 Å². The molecule has 2 rings (SSSR count). The molecule has 0 unspecified atom stereocenters. The average Bonchev–Trinajstić information content (AvgIpc) is 3.06. The van der Waals surface area contributed by atoms with Gasteiger partial charge in [0.2, 0.25) is 0 Å². The standard InChI is InChI=1S/C20H24FNO2S/c1-4-14(6-8-16(5-2)22-3)19-10-15-7-9-18(11-20(15)25-19)24-13-17(23)12-21/h4-11,17,22-23H,12-13H2,1-3H3/b8-6-,14-4+,16-5+/t17-/m0/s1. The van der Waals surface area contributed by atoms with Crippen molar-refractivity contribution in [1.29, 1.82) is 0 Å². The molecule has 1 heterocycles. The molecule has 5 heteroatoms. The van der Waals surface area contributed by atoms with Crippen LogP contribution in [0.2, 0.25) is 0 Å². The zero-order valence-electron chi connectivity index (χ0n) is 14.8. The molecule has 1 atom stereocenters. The van der Waals surface area contributed by atoms with E-state index in [9.17, 15) is 9.50 Å². The number of thiophene rings is 1. The van der Waals surface area contributed by atoms with Gasteiger partial charge in [-0.05, 0) is 55.1 Å². The van der Waals surface area contributed by atoms with Gasteiger partial charge >= 0.3 is 0 Å². The Balaban J connectivity index is 2.21. The van der Waals surface area contributed by atoms with E-state index in [4.69, 9.17) is 4.74 Å². The van der Waals surface area contributed by atoms with E-state index in [1.54, 1.807) is 11.3 Å². The molecule has 0 saturated carbocycles. The van der Waals surface area contributed by atoms with E-state index in [1.165, 1.54) is 4.88 Å². The number of likely N-dealkylation sites (N-methyl/N-ethyl adjacent to an activating group) is 1. The Hall–Kier alpha value is -2.11. The minimum Gasteiger partial charge on any atom is -0.491 e. The number of ether oxygens (including phenoxy) is 1. The van der Waals surface area contributed by atoms with Gasteiger partial charge in [-0.3, -0.25) is 0 Å². The molecule has 0 fully saturated rings. The fourth-order valence-corrected chi connectivity index (χ4v) is 3.45. The maximum absolute atomic E-state index is 12.3. The van der Waals surface area contributed by atoms with Crippen LogP contribution < -0.4 is 10.1 Å². The van der Waals surface area contributed by atoms with Crippen molar-refractivity contribution >= 4 is 27.0 Å². The number of hydrogen-bond acceptors (Lipinski definition) is 4. The SMILES string of the molecule is C\C=C(/C=C\C(=C/C)c1cc2ccc(OC[C@@H](O)CF)cc2s1)NC. The van der Waals surface area contributed by atoms with E-state index < -0.39 is 12.8 Å². The summed E-state index contributed by atoms with van der Waals surface area (Å²) in [5, 5.41) is 13.5. The predicted molar refractivity (Wildman–Crippen MR) is 105 cm³/mol. The van der Waals surface area contributed by atoms with Gasteiger partial charge in [-0.25, -0.2) is 4.39 Å². The van der Waals surface area contributed by atoms with E-state index in [1.807, 2.05) is 51.2 Å². The van der Waals surface area contributed by atoms with Crippen LogP contribution >= 0.6 is 11.3 Å². The first-order valence-corrected chi connectivity index (χ1v) is 9.02. The first kappa shape index (κ1) is 19.2. The van der Waals surface area contributed by atoms with Crippen LogP contribution in [-0.4, -0.2) is 31.5 Å². The van der Waals surface area contributed by atoms with E-state index in [0.29, 0.717) is 5.75 Å². The van der Waals surface area contributed by atoms with Gasteiger partial charge in [0, 0.05) is 22.3 Å². The summed E-state index contributed by atoms with van der Waals surface area (Å²) in [4.78, 5) is 1.17. The smallest absolute Gasteiger partial charge is 0.120 e. The van der Waals surface area contributed by atoms with Crippen molar-refractivity contribution in [3.8, 4) is 5.75 Å². The summed E-state index contributed by atoms with van der Waals surface area (Å²) < 4.78 is 18.8. The summed E-state index contributed by atoms with van der Waals surface area (Å²) >= 11 is 1.68. The lowest BCUT2D eigenvalue weighted by Gasteiger charge is -2.08. The van der Waals surface area contributed by atoms with Gasteiger partial charge in [-0.1, -0.05) is 18.2 Å². The zero-order valence-corrected chi connectivity index (χ0v) is 15.6. The van der Waals surface area contributed by atoms with Crippen molar-refractivity contribution in [2.45, 2.75) is 20.0 Å². The minimum absolute atomic E-state index is 0.0424. The second-order valence-electron chi connectivity index (χ2n) is 5.50. The number of fused-ring (bicyclic) bond motifs is 1. The lowest BCUT2D eigenvalue weighted by molar-refractivity contribution is 0.0842. The third-order valence-corrected chi connectivity index (χ3v) is 4.90. The monoisotopic (exact) mass is 361 g/mol. The summed E-state index contributed by atoms with van der Waals surface area (Å²) in [6, 6.07) is 7.90. The van der Waals surface area contributed by atoms with Crippen LogP contribution in [0.5, 0.6) is 5.75 Å². The summed E-state index contributed by atoms with van der Waals surface area (Å²) in [6.45, 7) is 3.17. The van der Waals surface area contributed by atoms with Crippen molar-refractivity contribution in [2.24, 2.45) is 0 Å². The quantitative estimate of drug-likeness (QED) is 0.670. The minimum atomic E-state index is -1.08. The van der Waals surface area contributed by atoms with Crippen LogP contribution in [0.25, 0.3) is 15.7 Å². The predicted octanol–water partition coefficient (Wildman–Crippen LogP) is 4.69. The number of rotatable bonds is 8. The fraction of sp³-hybridized carbons (Fsp3) is 0.300. The molecule has 3 nitrogen and oxygen atoms in total. The highest BCUT2D eigenvalue weighted by molar-refractivity contribution is 7.20. The lowest BCUT2D eigenvalue weighted by Crippen LogP contribution is -2.19. The molecular weight excluding hydrogens is 337 g/mol. The second kappa shape index (κ2) is 9.39. The Morgan fingerprint density at radius 2 is 2.08 bits per heavy atom. The van der Waals surface area contributed by atoms with Gasteiger partial charge in [-0.2, -0.15) is 0 Å². The number of aliphatic hydroxyl groups is 1. The maximum Gasteiger partial charge on any atom is 0.120 e. The first-order chi connectivity index (χ1) is 12.1. The van der Waals surface area contributed by atoms with Gasteiger partial charge in [0.05, 0.1) is 0 Å². The molecule has 1 aromatic carbocycles. The number of hydrogen-bond donors (Lipinski definition) is 2. The van der Waals surface area contributed by atoms with Crippen LogP contribution in [0, 0.1) is 0 Å². The molecule has 1 aromatic heterocycles. The molecule has 2 aromatic rings. The molecule has 0 aliphatic carbocycles. The molecular formula is C20H24FNO2S. The van der Waals surface area contributed by atoms with Crippen LogP contribution in [0.4, 0.5) is 4.39 Å². The van der Waals surface area contributed by atoms with Gasteiger partial charge in [-0.15, -0.1) is 11.3 Å². The molecule has 0 spiro atoms. The molecule has 0 aliphatic rings. The van der Waals surface area contributed by atoms with Crippen LogP contribution in [0.1, 0.15) is 18.7 Å². The summed E-state index contributed by atoms with van der Waals surface area (Å²) in [6.07, 6.45) is 7.16. The largest absolute Gasteiger partial charge is 0.491 e. The molecule has 0 saturated heterocycles. The Morgan fingerprint density at radius 3 is 2.72 bits per heavy atom. The van der Waals surface area contributed by atoms with Crippen LogP contribution in [-0.2, 0) is 0 Å². The molecule has 25 heavy (non-hydrogen) atoms. The number of allylic oxidation sites excluding steroid dienone is 5. The lowest BCUT2D eigenvalue weighted by atomic mass is 10.1. The summed E-state index contributed by atoms with van der Waals surface area (Å²) in [5.41, 5.74) is 2.20. The van der Waals surface area contributed by atoms with E-state index in [2.05, 4.69) is 23.5 Å². The number of benzene rings is 1. The number of nitrogens with one attached hydrogen (secondary N) is 1. The second-order valence-corrected chi connectivity index (χ2v) is 6.58. The summed E-state index contributed by atoms with van der Waals surface area (Å²) in [7, 11) is 1.90. The van der Waals surface area contributed by atoms with Crippen molar-refractivity contribution < 1.29 is 14.2 Å². The van der Waals surface area contributed by atoms with E-state index in [0.717, 1.165) is 21.4 Å². The first-order valence-electron chi connectivity index (χ1n) is 8.20. The maximum atomic E-state index is 12.3. The fourth-order valence-electron chi connectivity index (χ4n) is 2.30. The average molecular weight is 361 g/mol. The van der Waals surface area contributed by atoms with Gasteiger partial charge in [0.15, 0.2) is 0 Å².